The standard InChI is InChI=1S/C19H15N3O2/c20-14-6-1-4-12(10-14)18(23)16-8-3-9-17(22-16)19(24)13-5-2-7-15(21)11-13/h1-11H,20-21H2. The van der Waals surface area contributed by atoms with E-state index in [9.17, 15) is 9.59 Å². The minimum atomic E-state index is -0.287. The summed E-state index contributed by atoms with van der Waals surface area (Å²) < 4.78 is 0. The number of nitrogens with two attached hydrogens (primary N) is 2. The number of anilines is 2. The van der Waals surface area contributed by atoms with E-state index in [1.165, 1.54) is 0 Å². The highest BCUT2D eigenvalue weighted by atomic mass is 16.1. The van der Waals surface area contributed by atoms with Crippen LogP contribution in [-0.4, -0.2) is 16.6 Å². The second-order valence-electron chi connectivity index (χ2n) is 5.32. The lowest BCUT2D eigenvalue weighted by atomic mass is 10.0. The summed E-state index contributed by atoms with van der Waals surface area (Å²) in [6, 6.07) is 18.0. The van der Waals surface area contributed by atoms with Crippen molar-refractivity contribution in [2.75, 3.05) is 11.5 Å². The molecule has 2 aromatic carbocycles. The van der Waals surface area contributed by atoms with Crippen LogP contribution in [0, 0.1) is 0 Å². The van der Waals surface area contributed by atoms with Crippen LogP contribution in [-0.2, 0) is 0 Å². The van der Waals surface area contributed by atoms with E-state index in [4.69, 9.17) is 11.5 Å². The Morgan fingerprint density at radius 2 is 1.08 bits per heavy atom. The number of rotatable bonds is 4. The summed E-state index contributed by atoms with van der Waals surface area (Å²) in [6.45, 7) is 0. The third-order valence-electron chi connectivity index (χ3n) is 3.51. The third kappa shape index (κ3) is 3.15. The average Bonchev–Trinajstić information content (AvgIpc) is 2.60. The monoisotopic (exact) mass is 317 g/mol. The first kappa shape index (κ1) is 15.4. The molecular weight excluding hydrogens is 302 g/mol. The molecule has 0 aliphatic rings. The zero-order chi connectivity index (χ0) is 17.1. The number of pyridine rings is 1. The first-order valence-corrected chi connectivity index (χ1v) is 7.32. The summed E-state index contributed by atoms with van der Waals surface area (Å²) >= 11 is 0. The van der Waals surface area contributed by atoms with Crippen molar-refractivity contribution in [2.24, 2.45) is 0 Å². The van der Waals surface area contributed by atoms with E-state index in [0.717, 1.165) is 0 Å². The Balaban J connectivity index is 1.94. The van der Waals surface area contributed by atoms with E-state index in [1.54, 1.807) is 66.7 Å². The number of hydrogen-bond acceptors (Lipinski definition) is 5. The number of carbonyl (C=O) groups excluding carboxylic acids is 2. The molecule has 0 bridgehead atoms. The highest BCUT2D eigenvalue weighted by Crippen LogP contribution is 2.15. The normalized spacial score (nSPS) is 10.3. The van der Waals surface area contributed by atoms with Crippen molar-refractivity contribution in [1.29, 1.82) is 0 Å². The predicted molar refractivity (Wildman–Crippen MR) is 92.8 cm³/mol. The van der Waals surface area contributed by atoms with Crippen LogP contribution in [0.4, 0.5) is 11.4 Å². The number of hydrogen-bond donors (Lipinski definition) is 2. The Labute approximate surface area is 138 Å². The maximum Gasteiger partial charge on any atom is 0.211 e. The Hall–Kier alpha value is -3.47. The lowest BCUT2D eigenvalue weighted by Crippen LogP contribution is -2.10. The SMILES string of the molecule is Nc1cccc(C(=O)c2cccc(C(=O)c3cccc(N)c3)n2)c1. The Kier molecular flexibility index (Phi) is 4.07. The van der Waals surface area contributed by atoms with Gasteiger partial charge in [-0.2, -0.15) is 0 Å². The van der Waals surface area contributed by atoms with Crippen LogP contribution in [0.25, 0.3) is 0 Å². The molecule has 5 heteroatoms. The fourth-order valence-corrected chi connectivity index (χ4v) is 2.34. The summed E-state index contributed by atoms with van der Waals surface area (Å²) in [6.07, 6.45) is 0. The molecule has 0 spiro atoms. The average molecular weight is 317 g/mol. The first-order valence-electron chi connectivity index (χ1n) is 7.32. The zero-order valence-corrected chi connectivity index (χ0v) is 12.8. The zero-order valence-electron chi connectivity index (χ0n) is 12.8. The Morgan fingerprint density at radius 3 is 1.50 bits per heavy atom. The van der Waals surface area contributed by atoms with Crippen LogP contribution in [0.5, 0.6) is 0 Å². The van der Waals surface area contributed by atoms with Crippen LogP contribution >= 0.6 is 0 Å². The van der Waals surface area contributed by atoms with Crippen LogP contribution in [0.2, 0.25) is 0 Å². The van der Waals surface area contributed by atoms with Gasteiger partial charge in [0.05, 0.1) is 0 Å². The maximum absolute atomic E-state index is 12.5. The fraction of sp³-hybridized carbons (Fsp3) is 0. The Morgan fingerprint density at radius 1 is 0.667 bits per heavy atom. The molecule has 0 atom stereocenters. The van der Waals surface area contributed by atoms with Crippen molar-refractivity contribution in [3.63, 3.8) is 0 Å². The molecule has 0 saturated heterocycles. The summed E-state index contributed by atoms with van der Waals surface area (Å²) in [4.78, 5) is 29.2. The van der Waals surface area contributed by atoms with Gasteiger partial charge in [-0.1, -0.05) is 30.3 Å². The van der Waals surface area contributed by atoms with Gasteiger partial charge < -0.3 is 11.5 Å². The number of benzene rings is 2. The molecule has 3 aromatic rings. The van der Waals surface area contributed by atoms with Gasteiger partial charge >= 0.3 is 0 Å². The molecule has 1 aromatic heterocycles. The summed E-state index contributed by atoms with van der Waals surface area (Å²) in [5, 5.41) is 0. The molecular formula is C19H15N3O2. The topological polar surface area (TPSA) is 99.1 Å². The number of nitrogen functional groups attached to an aromatic ring is 2. The lowest BCUT2D eigenvalue weighted by Gasteiger charge is -2.05. The molecule has 0 unspecified atom stereocenters. The van der Waals surface area contributed by atoms with Gasteiger partial charge in [0.2, 0.25) is 11.6 Å². The first-order chi connectivity index (χ1) is 11.5. The van der Waals surface area contributed by atoms with E-state index in [2.05, 4.69) is 4.98 Å². The van der Waals surface area contributed by atoms with Crippen molar-refractivity contribution >= 4 is 22.9 Å². The fourth-order valence-electron chi connectivity index (χ4n) is 2.34. The van der Waals surface area contributed by atoms with Gasteiger partial charge in [-0.05, 0) is 36.4 Å². The number of nitrogens with zero attached hydrogens (tertiary/aromatic N) is 1. The third-order valence-corrected chi connectivity index (χ3v) is 3.51. The molecule has 5 nitrogen and oxygen atoms in total. The van der Waals surface area contributed by atoms with Gasteiger partial charge in [-0.25, -0.2) is 4.98 Å². The molecule has 3 rings (SSSR count). The highest BCUT2D eigenvalue weighted by Gasteiger charge is 2.15. The molecule has 1 heterocycles. The largest absolute Gasteiger partial charge is 0.399 e. The molecule has 24 heavy (non-hydrogen) atoms. The quantitative estimate of drug-likeness (QED) is 0.569. The smallest absolute Gasteiger partial charge is 0.211 e. The van der Waals surface area contributed by atoms with Crippen molar-refractivity contribution in [3.05, 3.63) is 89.2 Å². The van der Waals surface area contributed by atoms with Crippen molar-refractivity contribution < 1.29 is 9.59 Å². The molecule has 0 aliphatic heterocycles. The minimum absolute atomic E-state index is 0.190. The van der Waals surface area contributed by atoms with E-state index in [0.29, 0.717) is 22.5 Å². The van der Waals surface area contributed by atoms with Gasteiger partial charge in [0.25, 0.3) is 0 Å². The van der Waals surface area contributed by atoms with Gasteiger partial charge in [0.15, 0.2) is 0 Å². The van der Waals surface area contributed by atoms with E-state index >= 15 is 0 Å². The maximum atomic E-state index is 12.5. The highest BCUT2D eigenvalue weighted by molar-refractivity contribution is 6.11. The van der Waals surface area contributed by atoms with Gasteiger partial charge in [0, 0.05) is 22.5 Å². The van der Waals surface area contributed by atoms with Crippen LogP contribution in [0.3, 0.4) is 0 Å². The van der Waals surface area contributed by atoms with Crippen LogP contribution in [0.1, 0.15) is 32.1 Å². The van der Waals surface area contributed by atoms with Crippen molar-refractivity contribution in [3.8, 4) is 0 Å². The second kappa shape index (κ2) is 6.34. The number of aromatic nitrogens is 1. The molecule has 4 N–H and O–H groups in total. The van der Waals surface area contributed by atoms with E-state index in [-0.39, 0.29) is 23.0 Å². The molecule has 0 aliphatic carbocycles. The minimum Gasteiger partial charge on any atom is -0.399 e. The van der Waals surface area contributed by atoms with Gasteiger partial charge in [-0.3, -0.25) is 9.59 Å². The van der Waals surface area contributed by atoms with Gasteiger partial charge in [0.1, 0.15) is 11.4 Å². The van der Waals surface area contributed by atoms with Crippen LogP contribution in [0.15, 0.2) is 66.7 Å². The van der Waals surface area contributed by atoms with Crippen molar-refractivity contribution in [1.82, 2.24) is 4.98 Å². The summed E-state index contributed by atoms with van der Waals surface area (Å²) in [5.41, 5.74) is 13.6. The number of ketones is 2. The van der Waals surface area contributed by atoms with Gasteiger partial charge in [-0.15, -0.1) is 0 Å². The second-order valence-corrected chi connectivity index (χ2v) is 5.32. The molecule has 0 saturated carbocycles. The van der Waals surface area contributed by atoms with Crippen LogP contribution < -0.4 is 11.5 Å². The molecule has 118 valence electrons. The van der Waals surface area contributed by atoms with Crippen molar-refractivity contribution in [2.45, 2.75) is 0 Å². The number of carbonyl (C=O) groups is 2. The van der Waals surface area contributed by atoms with E-state index in [1.807, 2.05) is 0 Å². The Bertz CT molecular complexity index is 862. The summed E-state index contributed by atoms with van der Waals surface area (Å²) in [7, 11) is 0. The summed E-state index contributed by atoms with van der Waals surface area (Å²) in [5.74, 6) is -0.575. The lowest BCUT2D eigenvalue weighted by molar-refractivity contribution is 0.103. The molecule has 0 radical (unpaired) electrons. The molecule has 0 fully saturated rings. The van der Waals surface area contributed by atoms with E-state index < -0.39 is 0 Å². The molecule has 0 amide bonds. The predicted octanol–water partition coefficient (Wildman–Crippen LogP) is 2.71.